The second kappa shape index (κ2) is 9.74. The first-order valence-electron chi connectivity index (χ1n) is 12.3. The van der Waals surface area contributed by atoms with E-state index in [2.05, 4.69) is 18.7 Å². The van der Waals surface area contributed by atoms with Crippen molar-refractivity contribution in [2.24, 2.45) is 5.92 Å². The van der Waals surface area contributed by atoms with Gasteiger partial charge in [0.25, 0.3) is 0 Å². The highest BCUT2D eigenvalue weighted by Gasteiger charge is 2.30. The Balaban J connectivity index is 1.40. The number of halogens is 1. The first-order valence-corrected chi connectivity index (χ1v) is 12.3. The van der Waals surface area contributed by atoms with E-state index in [1.54, 1.807) is 30.3 Å². The summed E-state index contributed by atoms with van der Waals surface area (Å²) in [5, 5.41) is 10.0. The van der Waals surface area contributed by atoms with Gasteiger partial charge in [-0.15, -0.1) is 0 Å². The van der Waals surface area contributed by atoms with Crippen molar-refractivity contribution in [3.8, 4) is 17.2 Å². The van der Waals surface area contributed by atoms with Crippen molar-refractivity contribution in [1.29, 1.82) is 0 Å². The van der Waals surface area contributed by atoms with Gasteiger partial charge in [0.1, 0.15) is 35.8 Å². The maximum absolute atomic E-state index is 13.7. The predicted octanol–water partition coefficient (Wildman–Crippen LogP) is 6.70. The molecule has 0 radical (unpaired) electrons. The van der Waals surface area contributed by atoms with Crippen molar-refractivity contribution < 1.29 is 19.0 Å². The van der Waals surface area contributed by atoms with Gasteiger partial charge in [0.05, 0.1) is 0 Å². The van der Waals surface area contributed by atoms with Gasteiger partial charge in [-0.2, -0.15) is 0 Å². The fraction of sp³-hybridized carbons (Fsp3) is 0.333. The highest BCUT2D eigenvalue weighted by molar-refractivity contribution is 5.95. The molecule has 3 aromatic carbocycles. The third-order valence-corrected chi connectivity index (χ3v) is 7.19. The third kappa shape index (κ3) is 4.92. The molecule has 0 bridgehead atoms. The largest absolute Gasteiger partial charge is 0.508 e. The topological polar surface area (TPSA) is 41.9 Å². The molecule has 182 valence electrons. The lowest BCUT2D eigenvalue weighted by Crippen LogP contribution is -2.35. The molecule has 5 heteroatoms. The molecular weight excluding hydrogens is 441 g/mol. The van der Waals surface area contributed by atoms with Gasteiger partial charge in [-0.25, -0.2) is 4.39 Å². The van der Waals surface area contributed by atoms with Crippen LogP contribution in [0, 0.1) is 11.7 Å². The Bertz CT molecular complexity index is 1220. The van der Waals surface area contributed by atoms with Crippen LogP contribution in [0.25, 0.3) is 11.1 Å². The number of likely N-dealkylation sites (tertiary alicyclic amines) is 1. The molecule has 1 unspecified atom stereocenters. The summed E-state index contributed by atoms with van der Waals surface area (Å²) in [6.45, 7) is 9.48. The molecule has 3 aromatic rings. The first kappa shape index (κ1) is 23.4. The number of ether oxygens (including phenoxy) is 2. The van der Waals surface area contributed by atoms with Crippen LogP contribution in [-0.4, -0.2) is 35.7 Å². The second-order valence-electron chi connectivity index (χ2n) is 9.84. The maximum Gasteiger partial charge on any atom is 0.150 e. The Morgan fingerprint density at radius 1 is 1.09 bits per heavy atom. The van der Waals surface area contributed by atoms with E-state index in [4.69, 9.17) is 9.47 Å². The molecular formula is C30H32FNO3. The Labute approximate surface area is 206 Å². The number of phenolic OH excluding ortho intramolecular Hbond substituents is 1. The number of aromatic hydroxyl groups is 1. The molecule has 0 aromatic heterocycles. The lowest BCUT2D eigenvalue weighted by molar-refractivity contribution is 0.169. The van der Waals surface area contributed by atoms with Crippen molar-refractivity contribution >= 4 is 11.1 Å². The average Bonchev–Trinajstić information content (AvgIpc) is 3.30. The van der Waals surface area contributed by atoms with E-state index in [1.807, 2.05) is 31.2 Å². The van der Waals surface area contributed by atoms with E-state index in [1.165, 1.54) is 18.6 Å². The minimum atomic E-state index is -0.364. The summed E-state index contributed by atoms with van der Waals surface area (Å²) >= 11 is 0. The SMILES string of the molecule is CC1=C(c2ccc(F)cc2)[C@H](c2ccc(OCC(C)N3CC[C@@H](C)C3)cc2)Oc2ccc(O)cc21. The summed E-state index contributed by atoms with van der Waals surface area (Å²) in [6.07, 6.45) is 0.892. The van der Waals surface area contributed by atoms with Gasteiger partial charge < -0.3 is 14.6 Å². The number of hydrogen-bond acceptors (Lipinski definition) is 4. The van der Waals surface area contributed by atoms with Gasteiger partial charge in [0, 0.05) is 23.7 Å². The number of nitrogens with zero attached hydrogens (tertiary/aromatic N) is 1. The summed E-state index contributed by atoms with van der Waals surface area (Å²) < 4.78 is 26.2. The van der Waals surface area contributed by atoms with Gasteiger partial charge in [-0.1, -0.05) is 31.2 Å². The number of allylic oxidation sites excluding steroid dienone is 1. The monoisotopic (exact) mass is 473 g/mol. The molecule has 2 aliphatic rings. The van der Waals surface area contributed by atoms with Crippen LogP contribution in [0.3, 0.4) is 0 Å². The molecule has 1 saturated heterocycles. The van der Waals surface area contributed by atoms with Gasteiger partial charge in [0.2, 0.25) is 0 Å². The first-order chi connectivity index (χ1) is 16.9. The molecule has 1 N–H and O–H groups in total. The molecule has 3 atom stereocenters. The molecule has 0 spiro atoms. The van der Waals surface area contributed by atoms with Crippen LogP contribution in [0.2, 0.25) is 0 Å². The number of hydrogen-bond donors (Lipinski definition) is 1. The molecule has 2 aliphatic heterocycles. The van der Waals surface area contributed by atoms with Gasteiger partial charge >= 0.3 is 0 Å². The Morgan fingerprint density at radius 2 is 1.83 bits per heavy atom. The molecule has 4 nitrogen and oxygen atoms in total. The number of phenols is 1. The summed E-state index contributed by atoms with van der Waals surface area (Å²) in [5.74, 6) is 2.21. The van der Waals surface area contributed by atoms with E-state index in [-0.39, 0.29) is 17.7 Å². The van der Waals surface area contributed by atoms with Gasteiger partial charge in [-0.05, 0) is 91.9 Å². The lowest BCUT2D eigenvalue weighted by Gasteiger charge is -2.31. The lowest BCUT2D eigenvalue weighted by atomic mass is 9.86. The number of fused-ring (bicyclic) bond motifs is 1. The molecule has 0 aliphatic carbocycles. The van der Waals surface area contributed by atoms with Crippen LogP contribution in [0.5, 0.6) is 17.2 Å². The van der Waals surface area contributed by atoms with Gasteiger partial charge in [-0.3, -0.25) is 4.90 Å². The van der Waals surface area contributed by atoms with E-state index in [0.717, 1.165) is 52.6 Å². The summed E-state index contributed by atoms with van der Waals surface area (Å²) in [7, 11) is 0. The zero-order chi connectivity index (χ0) is 24.5. The zero-order valence-electron chi connectivity index (χ0n) is 20.5. The third-order valence-electron chi connectivity index (χ3n) is 7.19. The molecule has 35 heavy (non-hydrogen) atoms. The molecule has 5 rings (SSSR count). The minimum absolute atomic E-state index is 0.183. The summed E-state index contributed by atoms with van der Waals surface area (Å²) in [5.41, 5.74) is 4.65. The summed E-state index contributed by atoms with van der Waals surface area (Å²) in [4.78, 5) is 2.49. The van der Waals surface area contributed by atoms with Crippen LogP contribution in [-0.2, 0) is 0 Å². The molecule has 0 saturated carbocycles. The van der Waals surface area contributed by atoms with Gasteiger partial charge in [0.15, 0.2) is 0 Å². The smallest absolute Gasteiger partial charge is 0.150 e. The van der Waals surface area contributed by atoms with Crippen LogP contribution in [0.15, 0.2) is 66.7 Å². The van der Waals surface area contributed by atoms with Crippen molar-refractivity contribution in [2.75, 3.05) is 19.7 Å². The Morgan fingerprint density at radius 3 is 2.51 bits per heavy atom. The second-order valence-corrected chi connectivity index (χ2v) is 9.84. The molecule has 0 amide bonds. The Kier molecular flexibility index (Phi) is 6.52. The van der Waals surface area contributed by atoms with Crippen molar-refractivity contribution in [2.45, 2.75) is 39.3 Å². The fourth-order valence-corrected chi connectivity index (χ4v) is 5.10. The van der Waals surface area contributed by atoms with E-state index in [9.17, 15) is 9.50 Å². The standard InChI is InChI=1S/C30H32FNO3/c1-19-14-15-32(17-19)20(2)18-34-26-11-6-23(7-12-26)30-29(22-4-8-24(31)9-5-22)21(3)27-16-25(33)10-13-28(27)35-30/h4-13,16,19-20,30,33H,14-15,17-18H2,1-3H3/t19-,20?,30+/m1/s1. The summed E-state index contributed by atoms with van der Waals surface area (Å²) in [6, 6.07) is 20.0. The van der Waals surface area contributed by atoms with Crippen LogP contribution < -0.4 is 9.47 Å². The van der Waals surface area contributed by atoms with Crippen LogP contribution in [0.4, 0.5) is 4.39 Å². The number of rotatable bonds is 6. The normalized spacial score (nSPS) is 20.9. The highest BCUT2D eigenvalue weighted by Crippen LogP contribution is 2.47. The average molecular weight is 474 g/mol. The predicted molar refractivity (Wildman–Crippen MR) is 137 cm³/mol. The highest BCUT2D eigenvalue weighted by atomic mass is 19.1. The quantitative estimate of drug-likeness (QED) is 0.432. The molecule has 1 fully saturated rings. The maximum atomic E-state index is 13.7. The van der Waals surface area contributed by atoms with Crippen molar-refractivity contribution in [3.05, 3.63) is 89.2 Å². The zero-order valence-corrected chi connectivity index (χ0v) is 20.5. The van der Waals surface area contributed by atoms with Crippen LogP contribution >= 0.6 is 0 Å². The Hall–Kier alpha value is -3.31. The van der Waals surface area contributed by atoms with E-state index < -0.39 is 0 Å². The number of benzene rings is 3. The molecule has 2 heterocycles. The van der Waals surface area contributed by atoms with E-state index >= 15 is 0 Å². The van der Waals surface area contributed by atoms with E-state index in [0.29, 0.717) is 18.4 Å². The fourth-order valence-electron chi connectivity index (χ4n) is 5.10. The van der Waals surface area contributed by atoms with Crippen molar-refractivity contribution in [3.63, 3.8) is 0 Å². The minimum Gasteiger partial charge on any atom is -0.508 e. The van der Waals surface area contributed by atoms with Crippen molar-refractivity contribution in [1.82, 2.24) is 4.90 Å². The van der Waals surface area contributed by atoms with Crippen LogP contribution in [0.1, 0.15) is 50.0 Å².